The molecule has 2 aromatic rings. The number of rotatable bonds is 3. The van der Waals surface area contributed by atoms with Crippen LogP contribution in [-0.2, 0) is 13.1 Å². The topological polar surface area (TPSA) is 61.4 Å². The van der Waals surface area contributed by atoms with E-state index in [0.717, 1.165) is 48.7 Å². The van der Waals surface area contributed by atoms with E-state index in [0.29, 0.717) is 19.0 Å². The van der Waals surface area contributed by atoms with E-state index in [1.807, 2.05) is 41.4 Å². The van der Waals surface area contributed by atoms with E-state index >= 15 is 0 Å². The summed E-state index contributed by atoms with van der Waals surface area (Å²) < 4.78 is 0. The molecule has 3 heterocycles. The molecule has 1 N–H and O–H groups in total. The summed E-state index contributed by atoms with van der Waals surface area (Å²) in [4.78, 5) is 26.1. The van der Waals surface area contributed by atoms with Crippen LogP contribution in [-0.4, -0.2) is 51.0 Å². The first-order valence-corrected chi connectivity index (χ1v) is 10.1. The minimum atomic E-state index is -0.00605. The Bertz CT molecular complexity index is 846. The maximum Gasteiger partial charge on any atom is 0.318 e. The lowest BCUT2D eigenvalue weighted by Gasteiger charge is -2.31. The fraction of sp³-hybridized carbons (Fsp3) is 0.500. The average Bonchev–Trinajstić information content (AvgIpc) is 3.33. The van der Waals surface area contributed by atoms with Gasteiger partial charge in [0.25, 0.3) is 0 Å². The van der Waals surface area contributed by atoms with Crippen LogP contribution in [0.25, 0.3) is 11.4 Å². The zero-order valence-electron chi connectivity index (χ0n) is 17.0. The van der Waals surface area contributed by atoms with Gasteiger partial charge in [0.2, 0.25) is 0 Å². The normalized spacial score (nSPS) is 19.7. The SMILES string of the molecule is CC(C)(C)N1CC[C@@H](CNC(=O)N2Cc3cnc(-c4ccccc4)nc3C2)C1. The summed E-state index contributed by atoms with van der Waals surface area (Å²) in [5, 5.41) is 3.13. The van der Waals surface area contributed by atoms with Gasteiger partial charge in [-0.25, -0.2) is 14.8 Å². The van der Waals surface area contributed by atoms with Crippen LogP contribution in [0.2, 0.25) is 0 Å². The Morgan fingerprint density at radius 1 is 1.21 bits per heavy atom. The first-order chi connectivity index (χ1) is 13.4. The average molecular weight is 380 g/mol. The van der Waals surface area contributed by atoms with Gasteiger partial charge in [-0.1, -0.05) is 30.3 Å². The van der Waals surface area contributed by atoms with Crippen molar-refractivity contribution < 1.29 is 4.79 Å². The maximum absolute atomic E-state index is 12.7. The Morgan fingerprint density at radius 3 is 2.71 bits per heavy atom. The molecule has 1 aromatic carbocycles. The molecule has 148 valence electrons. The molecule has 6 nitrogen and oxygen atoms in total. The van der Waals surface area contributed by atoms with E-state index in [2.05, 4.69) is 36.0 Å². The van der Waals surface area contributed by atoms with E-state index in [1.54, 1.807) is 0 Å². The summed E-state index contributed by atoms with van der Waals surface area (Å²) in [7, 11) is 0. The fourth-order valence-corrected chi connectivity index (χ4v) is 3.98. The second-order valence-corrected chi connectivity index (χ2v) is 8.85. The van der Waals surface area contributed by atoms with Crippen molar-refractivity contribution in [3.63, 3.8) is 0 Å². The first kappa shape index (κ1) is 18.9. The lowest BCUT2D eigenvalue weighted by atomic mass is 10.1. The summed E-state index contributed by atoms with van der Waals surface area (Å²) in [6.45, 7) is 10.8. The summed E-state index contributed by atoms with van der Waals surface area (Å²) in [5.41, 5.74) is 3.18. The molecule has 0 radical (unpaired) electrons. The van der Waals surface area contributed by atoms with Crippen molar-refractivity contribution in [3.05, 3.63) is 47.8 Å². The van der Waals surface area contributed by atoms with E-state index in [1.165, 1.54) is 0 Å². The van der Waals surface area contributed by atoms with E-state index < -0.39 is 0 Å². The molecule has 1 saturated heterocycles. The Kier molecular flexibility index (Phi) is 5.06. The highest BCUT2D eigenvalue weighted by Crippen LogP contribution is 2.25. The van der Waals surface area contributed by atoms with Crippen LogP contribution in [0.5, 0.6) is 0 Å². The smallest absolute Gasteiger partial charge is 0.318 e. The van der Waals surface area contributed by atoms with Crippen LogP contribution >= 0.6 is 0 Å². The van der Waals surface area contributed by atoms with Gasteiger partial charge in [0.1, 0.15) is 0 Å². The third-order valence-electron chi connectivity index (χ3n) is 5.75. The Hall–Kier alpha value is -2.47. The highest BCUT2D eigenvalue weighted by molar-refractivity contribution is 5.75. The maximum atomic E-state index is 12.7. The Labute approximate surface area is 167 Å². The molecule has 0 bridgehead atoms. The quantitative estimate of drug-likeness (QED) is 0.889. The zero-order valence-corrected chi connectivity index (χ0v) is 17.0. The van der Waals surface area contributed by atoms with Crippen molar-refractivity contribution in [3.8, 4) is 11.4 Å². The van der Waals surface area contributed by atoms with Gasteiger partial charge in [-0.3, -0.25) is 4.90 Å². The van der Waals surface area contributed by atoms with Crippen LogP contribution in [0.4, 0.5) is 4.79 Å². The molecular weight excluding hydrogens is 350 g/mol. The zero-order chi connectivity index (χ0) is 19.7. The van der Waals surface area contributed by atoms with Gasteiger partial charge in [-0.05, 0) is 39.7 Å². The van der Waals surface area contributed by atoms with Crippen LogP contribution < -0.4 is 5.32 Å². The van der Waals surface area contributed by atoms with Crippen molar-refractivity contribution in [1.29, 1.82) is 0 Å². The number of nitrogens with one attached hydrogen (secondary N) is 1. The number of fused-ring (bicyclic) bond motifs is 1. The van der Waals surface area contributed by atoms with Gasteiger partial charge in [0.15, 0.2) is 5.82 Å². The van der Waals surface area contributed by atoms with Gasteiger partial charge >= 0.3 is 6.03 Å². The molecule has 2 aliphatic heterocycles. The van der Waals surface area contributed by atoms with Gasteiger partial charge in [0.05, 0.1) is 18.8 Å². The largest absolute Gasteiger partial charge is 0.338 e. The number of benzene rings is 1. The van der Waals surface area contributed by atoms with E-state index in [9.17, 15) is 4.79 Å². The third kappa shape index (κ3) is 4.02. The molecule has 6 heteroatoms. The van der Waals surface area contributed by atoms with Gasteiger partial charge in [0, 0.05) is 36.0 Å². The molecule has 1 aromatic heterocycles. The lowest BCUT2D eigenvalue weighted by Crippen LogP contribution is -2.42. The number of likely N-dealkylation sites (tertiary alicyclic amines) is 1. The van der Waals surface area contributed by atoms with E-state index in [4.69, 9.17) is 4.98 Å². The van der Waals surface area contributed by atoms with Crippen molar-refractivity contribution >= 4 is 6.03 Å². The van der Waals surface area contributed by atoms with Crippen molar-refractivity contribution in [2.45, 2.75) is 45.8 Å². The first-order valence-electron chi connectivity index (χ1n) is 10.1. The molecule has 0 unspecified atom stereocenters. The second kappa shape index (κ2) is 7.51. The molecule has 4 rings (SSSR count). The lowest BCUT2D eigenvalue weighted by molar-refractivity contribution is 0.167. The standard InChI is InChI=1S/C22H29N5O/c1-22(2,3)27-10-9-16(13-27)11-24-21(28)26-14-18-12-23-20(25-19(18)15-26)17-7-5-4-6-8-17/h4-8,12,16H,9-11,13-15H2,1-3H3,(H,24,28)/t16-/m0/s1. The minimum absolute atomic E-state index is 0.00605. The molecule has 1 fully saturated rings. The summed E-state index contributed by atoms with van der Waals surface area (Å²) >= 11 is 0. The molecule has 2 aliphatic rings. The minimum Gasteiger partial charge on any atom is -0.338 e. The second-order valence-electron chi connectivity index (χ2n) is 8.85. The number of aromatic nitrogens is 2. The van der Waals surface area contributed by atoms with Crippen LogP contribution in [0.15, 0.2) is 36.5 Å². The Balaban J connectivity index is 1.33. The number of urea groups is 1. The highest BCUT2D eigenvalue weighted by atomic mass is 16.2. The van der Waals surface area contributed by atoms with Crippen LogP contribution in [0.1, 0.15) is 38.4 Å². The third-order valence-corrected chi connectivity index (χ3v) is 5.75. The van der Waals surface area contributed by atoms with Gasteiger partial charge in [-0.15, -0.1) is 0 Å². The monoisotopic (exact) mass is 379 g/mol. The number of hydrogen-bond donors (Lipinski definition) is 1. The molecule has 0 aliphatic carbocycles. The predicted molar refractivity (Wildman–Crippen MR) is 110 cm³/mol. The molecule has 2 amide bonds. The number of amides is 2. The van der Waals surface area contributed by atoms with Crippen molar-refractivity contribution in [2.75, 3.05) is 19.6 Å². The predicted octanol–water partition coefficient (Wildman–Crippen LogP) is 3.29. The number of carbonyl (C=O) groups is 1. The fourth-order valence-electron chi connectivity index (χ4n) is 3.98. The summed E-state index contributed by atoms with van der Waals surface area (Å²) in [6, 6.07) is 9.94. The molecule has 0 saturated carbocycles. The van der Waals surface area contributed by atoms with E-state index in [-0.39, 0.29) is 11.6 Å². The number of nitrogens with zero attached hydrogens (tertiary/aromatic N) is 4. The molecular formula is C22H29N5O. The highest BCUT2D eigenvalue weighted by Gasteiger charge is 2.31. The number of hydrogen-bond acceptors (Lipinski definition) is 4. The summed E-state index contributed by atoms with van der Waals surface area (Å²) in [6.07, 6.45) is 3.00. The molecule has 0 spiro atoms. The van der Waals surface area contributed by atoms with Crippen molar-refractivity contribution in [1.82, 2.24) is 25.1 Å². The van der Waals surface area contributed by atoms with Crippen LogP contribution in [0, 0.1) is 5.92 Å². The number of carbonyl (C=O) groups excluding carboxylic acids is 1. The van der Waals surface area contributed by atoms with Crippen molar-refractivity contribution in [2.24, 2.45) is 5.92 Å². The molecule has 1 atom stereocenters. The Morgan fingerprint density at radius 2 is 2.00 bits per heavy atom. The van der Waals surface area contributed by atoms with Gasteiger partial charge < -0.3 is 10.2 Å². The molecule has 28 heavy (non-hydrogen) atoms. The summed E-state index contributed by atoms with van der Waals surface area (Å²) in [5.74, 6) is 1.24. The van der Waals surface area contributed by atoms with Gasteiger partial charge in [-0.2, -0.15) is 0 Å². The van der Waals surface area contributed by atoms with Crippen LogP contribution in [0.3, 0.4) is 0 Å².